The van der Waals surface area contributed by atoms with Crippen molar-refractivity contribution in [2.75, 3.05) is 13.1 Å². The first-order valence-electron chi connectivity index (χ1n) is 10.3. The monoisotopic (exact) mass is 408 g/mol. The number of benzene rings is 1. The van der Waals surface area contributed by atoms with Gasteiger partial charge in [-0.05, 0) is 57.9 Å². The van der Waals surface area contributed by atoms with Crippen LogP contribution in [0.2, 0.25) is 0 Å². The Morgan fingerprint density at radius 2 is 2.00 bits per heavy atom. The molecule has 2 aliphatic rings. The van der Waals surface area contributed by atoms with E-state index in [1.807, 2.05) is 65.0 Å². The molecule has 0 saturated carbocycles. The summed E-state index contributed by atoms with van der Waals surface area (Å²) < 4.78 is 18.0. The summed E-state index contributed by atoms with van der Waals surface area (Å²) in [6, 6.07) is 9.86. The molecule has 1 unspecified atom stereocenters. The van der Waals surface area contributed by atoms with Crippen molar-refractivity contribution in [1.29, 1.82) is 0 Å². The van der Waals surface area contributed by atoms with Crippen molar-refractivity contribution in [1.82, 2.24) is 9.88 Å². The predicted octanol–water partition coefficient (Wildman–Crippen LogP) is 5.06. The van der Waals surface area contributed by atoms with Gasteiger partial charge in [-0.15, -0.1) is 0 Å². The van der Waals surface area contributed by atoms with Gasteiger partial charge in [-0.25, -0.2) is 4.79 Å². The Labute approximate surface area is 177 Å². The highest BCUT2D eigenvalue weighted by molar-refractivity contribution is 5.77. The number of hydrogen-bond donors (Lipinski definition) is 0. The highest BCUT2D eigenvalue weighted by Gasteiger charge is 2.40. The van der Waals surface area contributed by atoms with Crippen molar-refractivity contribution in [3.63, 3.8) is 0 Å². The zero-order valence-electron chi connectivity index (χ0n) is 18.2. The second-order valence-electron chi connectivity index (χ2n) is 8.88. The summed E-state index contributed by atoms with van der Waals surface area (Å²) in [5, 5.41) is 0. The maximum absolute atomic E-state index is 12.3. The summed E-state index contributed by atoms with van der Waals surface area (Å²) in [7, 11) is 0. The number of para-hydroxylation sites is 1. The lowest BCUT2D eigenvalue weighted by Crippen LogP contribution is -2.39. The summed E-state index contributed by atoms with van der Waals surface area (Å²) in [5.41, 5.74) is 3.45. The van der Waals surface area contributed by atoms with Gasteiger partial charge in [0.15, 0.2) is 11.5 Å². The molecular weight excluding hydrogens is 380 g/mol. The Morgan fingerprint density at radius 1 is 1.20 bits per heavy atom. The van der Waals surface area contributed by atoms with Crippen LogP contribution in [0.5, 0.6) is 11.5 Å². The second-order valence-corrected chi connectivity index (χ2v) is 8.88. The van der Waals surface area contributed by atoms with Crippen LogP contribution in [0, 0.1) is 6.92 Å². The molecule has 0 radical (unpaired) electrons. The highest BCUT2D eigenvalue weighted by Crippen LogP contribution is 2.48. The molecule has 1 atom stereocenters. The van der Waals surface area contributed by atoms with E-state index in [4.69, 9.17) is 14.2 Å². The van der Waals surface area contributed by atoms with Crippen molar-refractivity contribution in [2.24, 2.45) is 0 Å². The van der Waals surface area contributed by atoms with Gasteiger partial charge in [0, 0.05) is 37.5 Å². The molecule has 0 N–H and O–H groups in total. The van der Waals surface area contributed by atoms with Crippen LogP contribution in [-0.4, -0.2) is 34.7 Å². The Balaban J connectivity index is 1.54. The van der Waals surface area contributed by atoms with Crippen LogP contribution >= 0.6 is 0 Å². The van der Waals surface area contributed by atoms with Gasteiger partial charge < -0.3 is 19.1 Å². The molecule has 1 aromatic heterocycles. The van der Waals surface area contributed by atoms with E-state index in [-0.39, 0.29) is 6.09 Å². The lowest BCUT2D eigenvalue weighted by Gasteiger charge is -2.30. The fourth-order valence-electron chi connectivity index (χ4n) is 3.64. The van der Waals surface area contributed by atoms with Crippen molar-refractivity contribution >= 4 is 11.7 Å². The van der Waals surface area contributed by atoms with Crippen molar-refractivity contribution in [3.8, 4) is 11.5 Å². The third kappa shape index (κ3) is 3.99. The fraction of sp³-hybridized carbons (Fsp3) is 0.417. The number of rotatable bonds is 2. The summed E-state index contributed by atoms with van der Waals surface area (Å²) in [6.07, 6.45) is 4.30. The van der Waals surface area contributed by atoms with Crippen molar-refractivity contribution in [3.05, 3.63) is 59.4 Å². The SMILES string of the molecule is Cc1ccc(C2(C)Oc3cccc(C4=CCN(C(=O)OC(C)(C)C)CC4)c3O2)cn1. The standard InChI is InChI=1S/C24H28N2O4/c1-16-9-10-18(15-25-16)24(5)28-20-8-6-7-19(21(20)29-24)17-11-13-26(14-12-17)22(27)30-23(2,3)4/h6-11,15H,12-14H2,1-5H3. The summed E-state index contributed by atoms with van der Waals surface area (Å²) in [6.45, 7) is 10.6. The van der Waals surface area contributed by atoms with Gasteiger partial charge in [-0.2, -0.15) is 0 Å². The van der Waals surface area contributed by atoms with E-state index in [0.717, 1.165) is 34.6 Å². The number of aromatic nitrogens is 1. The van der Waals surface area contributed by atoms with Crippen molar-refractivity contribution < 1.29 is 19.0 Å². The van der Waals surface area contributed by atoms with Gasteiger partial charge in [0.2, 0.25) is 0 Å². The van der Waals surface area contributed by atoms with Gasteiger partial charge in [-0.1, -0.05) is 18.2 Å². The van der Waals surface area contributed by atoms with E-state index < -0.39 is 11.4 Å². The largest absolute Gasteiger partial charge is 0.444 e. The smallest absolute Gasteiger partial charge is 0.410 e. The third-order valence-electron chi connectivity index (χ3n) is 5.22. The summed E-state index contributed by atoms with van der Waals surface area (Å²) in [5.74, 6) is 0.528. The van der Waals surface area contributed by atoms with Crippen LogP contribution in [0.4, 0.5) is 4.79 Å². The molecule has 158 valence electrons. The minimum absolute atomic E-state index is 0.282. The molecule has 0 aliphatic carbocycles. The zero-order valence-corrected chi connectivity index (χ0v) is 18.2. The minimum atomic E-state index is -0.920. The number of nitrogens with zero attached hydrogens (tertiary/aromatic N) is 2. The molecule has 4 rings (SSSR count). The van der Waals surface area contributed by atoms with Gasteiger partial charge in [-0.3, -0.25) is 4.98 Å². The Hall–Kier alpha value is -3.02. The van der Waals surface area contributed by atoms with Crippen LogP contribution < -0.4 is 9.47 Å². The van der Waals surface area contributed by atoms with Crippen LogP contribution in [0.25, 0.3) is 5.57 Å². The minimum Gasteiger partial charge on any atom is -0.444 e. The molecular formula is C24H28N2O4. The Bertz CT molecular complexity index is 991. The van der Waals surface area contributed by atoms with Gasteiger partial charge >= 0.3 is 6.09 Å². The van der Waals surface area contributed by atoms with Crippen LogP contribution in [-0.2, 0) is 10.5 Å². The van der Waals surface area contributed by atoms with E-state index in [1.165, 1.54) is 0 Å². The molecule has 2 aromatic rings. The molecule has 1 aromatic carbocycles. The average Bonchev–Trinajstić information content (AvgIpc) is 3.04. The van der Waals surface area contributed by atoms with Gasteiger partial charge in [0.05, 0.1) is 5.56 Å². The number of carbonyl (C=O) groups is 1. The first-order chi connectivity index (χ1) is 14.1. The number of carbonyl (C=O) groups excluding carboxylic acids is 1. The molecule has 0 fully saturated rings. The number of hydrogen-bond acceptors (Lipinski definition) is 5. The molecule has 0 saturated heterocycles. The third-order valence-corrected chi connectivity index (χ3v) is 5.22. The Morgan fingerprint density at radius 3 is 2.63 bits per heavy atom. The number of ether oxygens (including phenoxy) is 3. The lowest BCUT2D eigenvalue weighted by molar-refractivity contribution is -0.0684. The van der Waals surface area contributed by atoms with E-state index in [2.05, 4.69) is 11.1 Å². The molecule has 0 spiro atoms. The molecule has 3 heterocycles. The summed E-state index contributed by atoms with van der Waals surface area (Å²) >= 11 is 0. The zero-order chi connectivity index (χ0) is 21.5. The van der Waals surface area contributed by atoms with E-state index in [9.17, 15) is 4.79 Å². The van der Waals surface area contributed by atoms with Crippen LogP contribution in [0.15, 0.2) is 42.6 Å². The fourth-order valence-corrected chi connectivity index (χ4v) is 3.64. The van der Waals surface area contributed by atoms with Crippen LogP contribution in [0.1, 0.15) is 50.9 Å². The average molecular weight is 408 g/mol. The lowest BCUT2D eigenvalue weighted by atomic mass is 9.98. The number of fused-ring (bicyclic) bond motifs is 1. The summed E-state index contributed by atoms with van der Waals surface area (Å²) in [4.78, 5) is 18.4. The van der Waals surface area contributed by atoms with Gasteiger partial charge in [0.1, 0.15) is 5.60 Å². The highest BCUT2D eigenvalue weighted by atomic mass is 16.7. The maximum atomic E-state index is 12.3. The number of pyridine rings is 1. The molecule has 1 amide bonds. The number of amides is 1. The van der Waals surface area contributed by atoms with Gasteiger partial charge in [0.25, 0.3) is 5.79 Å². The molecule has 6 heteroatoms. The first-order valence-corrected chi connectivity index (χ1v) is 10.3. The first kappa shape index (κ1) is 20.3. The van der Waals surface area contributed by atoms with E-state index in [0.29, 0.717) is 18.8 Å². The molecule has 30 heavy (non-hydrogen) atoms. The molecule has 0 bridgehead atoms. The predicted molar refractivity (Wildman–Crippen MR) is 114 cm³/mol. The molecule has 6 nitrogen and oxygen atoms in total. The van der Waals surface area contributed by atoms with Crippen molar-refractivity contribution in [2.45, 2.75) is 52.4 Å². The second kappa shape index (κ2) is 7.35. The van der Waals surface area contributed by atoms with E-state index >= 15 is 0 Å². The maximum Gasteiger partial charge on any atom is 0.410 e. The molecule has 2 aliphatic heterocycles. The normalized spacial score (nSPS) is 20.7. The Kier molecular flexibility index (Phi) is 4.96. The number of aryl methyl sites for hydroxylation is 1. The topological polar surface area (TPSA) is 60.9 Å². The quantitative estimate of drug-likeness (QED) is 0.695. The van der Waals surface area contributed by atoms with Crippen LogP contribution in [0.3, 0.4) is 0 Å². The van der Waals surface area contributed by atoms with E-state index in [1.54, 1.807) is 11.1 Å².